The Morgan fingerprint density at radius 2 is 1.74 bits per heavy atom. The number of carbonyl (C=O) groups excluding carboxylic acids is 2. The second-order valence-electron chi connectivity index (χ2n) is 5.80. The first-order valence-corrected chi connectivity index (χ1v) is 7.57. The smallest absolute Gasteiger partial charge is 0.251 e. The lowest BCUT2D eigenvalue weighted by Gasteiger charge is -2.12. The molecule has 1 aromatic carbocycles. The minimum atomic E-state index is -0.260. The summed E-state index contributed by atoms with van der Waals surface area (Å²) in [5.74, 6) is 0.971. The molecule has 2 rings (SSSR count). The maximum atomic E-state index is 12.1. The molecule has 0 bridgehead atoms. The van der Waals surface area contributed by atoms with Crippen LogP contribution in [0.4, 0.5) is 0 Å². The van der Waals surface area contributed by atoms with Gasteiger partial charge in [-0.25, -0.2) is 0 Å². The SMILES string of the molecule is Cc1cc(C)cc(C(=O)NCC(=O)NC(C)c2ccc(C)o2)c1. The normalized spacial score (nSPS) is 11.8. The van der Waals surface area contributed by atoms with Crippen molar-refractivity contribution in [2.45, 2.75) is 33.7 Å². The van der Waals surface area contributed by atoms with Gasteiger partial charge in [0.25, 0.3) is 5.91 Å². The van der Waals surface area contributed by atoms with Crippen molar-refractivity contribution >= 4 is 11.8 Å². The molecule has 0 radical (unpaired) electrons. The summed E-state index contributed by atoms with van der Waals surface area (Å²) < 4.78 is 5.47. The van der Waals surface area contributed by atoms with E-state index in [0.717, 1.165) is 16.9 Å². The molecular formula is C18H22N2O3. The zero-order valence-electron chi connectivity index (χ0n) is 13.9. The average Bonchev–Trinajstić information content (AvgIpc) is 2.90. The maximum Gasteiger partial charge on any atom is 0.251 e. The summed E-state index contributed by atoms with van der Waals surface area (Å²) >= 11 is 0. The molecule has 0 saturated heterocycles. The molecule has 2 N–H and O–H groups in total. The topological polar surface area (TPSA) is 71.3 Å². The zero-order valence-corrected chi connectivity index (χ0v) is 13.9. The predicted molar refractivity (Wildman–Crippen MR) is 88.3 cm³/mol. The summed E-state index contributed by atoms with van der Waals surface area (Å²) in [6.45, 7) is 7.48. The highest BCUT2D eigenvalue weighted by molar-refractivity contribution is 5.96. The summed E-state index contributed by atoms with van der Waals surface area (Å²) in [6.07, 6.45) is 0. The van der Waals surface area contributed by atoms with Crippen molar-refractivity contribution in [1.29, 1.82) is 0 Å². The number of furan rings is 1. The molecule has 2 aromatic rings. The molecule has 0 aliphatic carbocycles. The number of rotatable bonds is 5. The van der Waals surface area contributed by atoms with Gasteiger partial charge in [-0.3, -0.25) is 9.59 Å². The largest absolute Gasteiger partial charge is 0.464 e. The molecule has 1 atom stereocenters. The van der Waals surface area contributed by atoms with Gasteiger partial charge >= 0.3 is 0 Å². The summed E-state index contributed by atoms with van der Waals surface area (Å²) in [7, 11) is 0. The van der Waals surface area contributed by atoms with Crippen molar-refractivity contribution in [3.05, 3.63) is 58.5 Å². The lowest BCUT2D eigenvalue weighted by Crippen LogP contribution is -2.38. The van der Waals surface area contributed by atoms with Gasteiger partial charge in [-0.15, -0.1) is 0 Å². The van der Waals surface area contributed by atoms with Crippen molar-refractivity contribution in [3.63, 3.8) is 0 Å². The van der Waals surface area contributed by atoms with Gasteiger partial charge in [-0.2, -0.15) is 0 Å². The minimum Gasteiger partial charge on any atom is -0.464 e. The van der Waals surface area contributed by atoms with E-state index < -0.39 is 0 Å². The second kappa shape index (κ2) is 7.13. The van der Waals surface area contributed by atoms with Gasteiger partial charge in [0.15, 0.2) is 0 Å². The molecule has 1 unspecified atom stereocenters. The lowest BCUT2D eigenvalue weighted by molar-refractivity contribution is -0.120. The van der Waals surface area contributed by atoms with Gasteiger partial charge in [-0.1, -0.05) is 17.2 Å². The number of hydrogen-bond donors (Lipinski definition) is 2. The van der Waals surface area contributed by atoms with E-state index in [1.165, 1.54) is 0 Å². The van der Waals surface area contributed by atoms with Crippen LogP contribution in [0.5, 0.6) is 0 Å². The quantitative estimate of drug-likeness (QED) is 0.891. The molecule has 1 aromatic heterocycles. The van der Waals surface area contributed by atoms with Crippen molar-refractivity contribution in [3.8, 4) is 0 Å². The molecule has 1 heterocycles. The standard InChI is InChI=1S/C18H22N2O3/c1-11-7-12(2)9-15(8-11)18(22)19-10-17(21)20-14(4)16-6-5-13(3)23-16/h5-9,14H,10H2,1-4H3,(H,19,22)(H,20,21). The molecule has 5 heteroatoms. The van der Waals surface area contributed by atoms with E-state index in [1.54, 1.807) is 12.1 Å². The van der Waals surface area contributed by atoms with Crippen molar-refractivity contribution in [1.82, 2.24) is 10.6 Å². The fourth-order valence-corrected chi connectivity index (χ4v) is 2.42. The van der Waals surface area contributed by atoms with Crippen LogP contribution in [-0.4, -0.2) is 18.4 Å². The van der Waals surface area contributed by atoms with E-state index in [1.807, 2.05) is 45.9 Å². The molecule has 0 spiro atoms. The van der Waals surface area contributed by atoms with Gasteiger partial charge in [0.2, 0.25) is 5.91 Å². The third kappa shape index (κ3) is 4.71. The van der Waals surface area contributed by atoms with E-state index in [-0.39, 0.29) is 24.4 Å². The first-order valence-electron chi connectivity index (χ1n) is 7.57. The number of amides is 2. The number of nitrogens with one attached hydrogen (secondary N) is 2. The van der Waals surface area contributed by atoms with Gasteiger partial charge in [-0.05, 0) is 52.0 Å². The van der Waals surface area contributed by atoms with Crippen LogP contribution in [0.1, 0.15) is 46.0 Å². The van der Waals surface area contributed by atoms with Gasteiger partial charge in [0, 0.05) is 5.56 Å². The van der Waals surface area contributed by atoms with Crippen LogP contribution >= 0.6 is 0 Å². The van der Waals surface area contributed by atoms with Crippen LogP contribution in [0.25, 0.3) is 0 Å². The van der Waals surface area contributed by atoms with Crippen LogP contribution in [0.3, 0.4) is 0 Å². The Morgan fingerprint density at radius 1 is 1.09 bits per heavy atom. The fourth-order valence-electron chi connectivity index (χ4n) is 2.42. The Bertz CT molecular complexity index is 699. The first-order chi connectivity index (χ1) is 10.8. The number of benzene rings is 1. The maximum absolute atomic E-state index is 12.1. The lowest BCUT2D eigenvalue weighted by atomic mass is 10.1. The fraction of sp³-hybridized carbons (Fsp3) is 0.333. The predicted octanol–water partition coefficient (Wildman–Crippen LogP) is 2.81. The van der Waals surface area contributed by atoms with Crippen LogP contribution in [0.15, 0.2) is 34.7 Å². The van der Waals surface area contributed by atoms with E-state index >= 15 is 0 Å². The first kappa shape index (κ1) is 16.8. The third-order valence-electron chi connectivity index (χ3n) is 3.46. The highest BCUT2D eigenvalue weighted by Crippen LogP contribution is 2.15. The summed E-state index contributed by atoms with van der Waals surface area (Å²) in [6, 6.07) is 9.03. The molecule has 23 heavy (non-hydrogen) atoms. The summed E-state index contributed by atoms with van der Waals surface area (Å²) in [4.78, 5) is 24.0. The highest BCUT2D eigenvalue weighted by Gasteiger charge is 2.14. The van der Waals surface area contributed by atoms with Crippen LogP contribution < -0.4 is 10.6 Å². The van der Waals surface area contributed by atoms with E-state index in [2.05, 4.69) is 10.6 Å². The Labute approximate surface area is 136 Å². The molecule has 0 saturated carbocycles. The zero-order chi connectivity index (χ0) is 17.0. The highest BCUT2D eigenvalue weighted by atomic mass is 16.3. The van der Waals surface area contributed by atoms with Crippen molar-refractivity contribution in [2.24, 2.45) is 0 Å². The van der Waals surface area contributed by atoms with Crippen molar-refractivity contribution < 1.29 is 14.0 Å². The molecule has 122 valence electrons. The number of carbonyl (C=O) groups is 2. The van der Waals surface area contributed by atoms with Crippen LogP contribution in [-0.2, 0) is 4.79 Å². The molecule has 0 aliphatic rings. The van der Waals surface area contributed by atoms with Gasteiger partial charge < -0.3 is 15.1 Å². The third-order valence-corrected chi connectivity index (χ3v) is 3.46. The van der Waals surface area contributed by atoms with E-state index in [9.17, 15) is 9.59 Å². The Hall–Kier alpha value is -2.56. The average molecular weight is 314 g/mol. The Kier molecular flexibility index (Phi) is 5.21. The molecular weight excluding hydrogens is 292 g/mol. The van der Waals surface area contributed by atoms with Gasteiger partial charge in [0.05, 0.1) is 12.6 Å². The number of aryl methyl sites for hydroxylation is 3. The summed E-state index contributed by atoms with van der Waals surface area (Å²) in [5.41, 5.74) is 2.59. The van der Waals surface area contributed by atoms with E-state index in [0.29, 0.717) is 11.3 Å². The van der Waals surface area contributed by atoms with Crippen LogP contribution in [0, 0.1) is 20.8 Å². The summed E-state index contributed by atoms with van der Waals surface area (Å²) in [5, 5.41) is 5.43. The monoisotopic (exact) mass is 314 g/mol. The minimum absolute atomic E-state index is 0.0736. The molecule has 5 nitrogen and oxygen atoms in total. The van der Waals surface area contributed by atoms with E-state index in [4.69, 9.17) is 4.42 Å². The molecule has 2 amide bonds. The Balaban J connectivity index is 1.87. The molecule has 0 aliphatic heterocycles. The van der Waals surface area contributed by atoms with Crippen LogP contribution in [0.2, 0.25) is 0 Å². The Morgan fingerprint density at radius 3 is 2.30 bits per heavy atom. The number of hydrogen-bond acceptors (Lipinski definition) is 3. The van der Waals surface area contributed by atoms with Gasteiger partial charge in [0.1, 0.15) is 11.5 Å². The second-order valence-corrected chi connectivity index (χ2v) is 5.80. The van der Waals surface area contributed by atoms with Crippen molar-refractivity contribution in [2.75, 3.05) is 6.54 Å². The molecule has 0 fully saturated rings.